The van der Waals surface area contributed by atoms with E-state index >= 15 is 0 Å². The summed E-state index contributed by atoms with van der Waals surface area (Å²) in [7, 11) is 4.81. The van der Waals surface area contributed by atoms with Crippen molar-refractivity contribution in [3.05, 3.63) is 82.4 Å². The van der Waals surface area contributed by atoms with E-state index in [0.29, 0.717) is 40.9 Å². The molecule has 0 aliphatic carbocycles. The van der Waals surface area contributed by atoms with Crippen molar-refractivity contribution in [1.29, 1.82) is 0 Å². The van der Waals surface area contributed by atoms with Crippen LogP contribution in [0.2, 0.25) is 5.02 Å². The number of rotatable bonds is 5. The Morgan fingerprint density at radius 1 is 0.938 bits per heavy atom. The molecule has 4 rings (SSSR count). The molecule has 1 N–H and O–H groups in total. The maximum Gasteiger partial charge on any atom is 0.322 e. The average Bonchev–Trinajstić information content (AvgIpc) is 2.82. The van der Waals surface area contributed by atoms with Crippen LogP contribution in [-0.4, -0.2) is 38.8 Å². The van der Waals surface area contributed by atoms with E-state index in [4.69, 9.17) is 25.8 Å². The summed E-state index contributed by atoms with van der Waals surface area (Å²) >= 11 is 6.60. The third-order valence-corrected chi connectivity index (χ3v) is 6.00. The lowest BCUT2D eigenvalue weighted by molar-refractivity contribution is 0.193. The van der Waals surface area contributed by atoms with E-state index in [1.807, 2.05) is 54.6 Å². The molecule has 3 aromatic carbocycles. The van der Waals surface area contributed by atoms with E-state index in [9.17, 15) is 4.79 Å². The van der Waals surface area contributed by atoms with Crippen LogP contribution in [0.15, 0.2) is 60.7 Å². The van der Waals surface area contributed by atoms with Crippen LogP contribution in [-0.2, 0) is 6.42 Å². The molecule has 1 aliphatic rings. The monoisotopic (exact) mass is 452 g/mol. The molecule has 0 unspecified atom stereocenters. The Morgan fingerprint density at radius 3 is 2.41 bits per heavy atom. The minimum Gasteiger partial charge on any atom is -0.497 e. The van der Waals surface area contributed by atoms with E-state index in [1.54, 1.807) is 32.3 Å². The van der Waals surface area contributed by atoms with Crippen molar-refractivity contribution in [2.45, 2.75) is 12.5 Å². The fourth-order valence-electron chi connectivity index (χ4n) is 4.09. The first-order chi connectivity index (χ1) is 15.5. The number of fused-ring (bicyclic) bond motifs is 1. The standard InChI is InChI=1S/C25H25ClN2O4/c1-30-18-8-6-7-17(14-18)27-25(29)28-12-11-16-13-22(31-2)23(32-3)15-20(16)24(28)19-9-4-5-10-21(19)26/h4-10,13-15,24H,11-12H2,1-3H3,(H,27,29)/t24-/m0/s1. The van der Waals surface area contributed by atoms with Gasteiger partial charge in [-0.2, -0.15) is 0 Å². The lowest BCUT2D eigenvalue weighted by Crippen LogP contribution is -2.43. The summed E-state index contributed by atoms with van der Waals surface area (Å²) in [6, 6.07) is 18.2. The zero-order valence-corrected chi connectivity index (χ0v) is 19.0. The first-order valence-electron chi connectivity index (χ1n) is 10.3. The van der Waals surface area contributed by atoms with Crippen LogP contribution < -0.4 is 19.5 Å². The molecule has 0 saturated heterocycles. The highest BCUT2D eigenvalue weighted by atomic mass is 35.5. The number of anilines is 1. The van der Waals surface area contributed by atoms with Crippen molar-refractivity contribution in [2.75, 3.05) is 33.2 Å². The number of nitrogens with one attached hydrogen (secondary N) is 1. The Labute approximate surface area is 192 Å². The van der Waals surface area contributed by atoms with E-state index in [2.05, 4.69) is 5.32 Å². The van der Waals surface area contributed by atoms with Crippen molar-refractivity contribution in [3.8, 4) is 17.2 Å². The molecule has 32 heavy (non-hydrogen) atoms. The topological polar surface area (TPSA) is 60.0 Å². The first-order valence-corrected chi connectivity index (χ1v) is 10.6. The van der Waals surface area contributed by atoms with Gasteiger partial charge in [-0.1, -0.05) is 35.9 Å². The van der Waals surface area contributed by atoms with Crippen molar-refractivity contribution in [1.82, 2.24) is 4.90 Å². The molecule has 2 amide bonds. The van der Waals surface area contributed by atoms with Crippen LogP contribution in [0.25, 0.3) is 0 Å². The van der Waals surface area contributed by atoms with E-state index in [-0.39, 0.29) is 12.1 Å². The van der Waals surface area contributed by atoms with Gasteiger partial charge in [0.1, 0.15) is 5.75 Å². The quantitative estimate of drug-likeness (QED) is 0.551. The van der Waals surface area contributed by atoms with Crippen molar-refractivity contribution in [3.63, 3.8) is 0 Å². The normalized spacial score (nSPS) is 15.0. The molecular weight excluding hydrogens is 428 g/mol. The third-order valence-electron chi connectivity index (χ3n) is 5.66. The fourth-order valence-corrected chi connectivity index (χ4v) is 4.33. The molecule has 0 radical (unpaired) electrons. The molecule has 0 aromatic heterocycles. The Kier molecular flexibility index (Phi) is 6.42. The maximum atomic E-state index is 13.4. The van der Waals surface area contributed by atoms with Gasteiger partial charge in [0.05, 0.1) is 27.4 Å². The number of halogens is 1. The fraction of sp³-hybridized carbons (Fsp3) is 0.240. The highest BCUT2D eigenvalue weighted by molar-refractivity contribution is 6.31. The SMILES string of the molecule is COc1cccc(NC(=O)N2CCc3cc(OC)c(OC)cc3[C@@H]2c2ccccc2Cl)c1. The smallest absolute Gasteiger partial charge is 0.322 e. The molecule has 7 heteroatoms. The predicted octanol–water partition coefficient (Wildman–Crippen LogP) is 5.55. The molecule has 0 spiro atoms. The van der Waals surface area contributed by atoms with Gasteiger partial charge in [-0.3, -0.25) is 0 Å². The molecule has 0 fully saturated rings. The molecule has 0 bridgehead atoms. The Hall–Kier alpha value is -3.38. The van der Waals surface area contributed by atoms with Crippen molar-refractivity contribution < 1.29 is 19.0 Å². The number of carbonyl (C=O) groups excluding carboxylic acids is 1. The number of hydrogen-bond donors (Lipinski definition) is 1. The Morgan fingerprint density at radius 2 is 1.69 bits per heavy atom. The van der Waals surface area contributed by atoms with Gasteiger partial charge in [-0.25, -0.2) is 4.79 Å². The first kappa shape index (κ1) is 21.8. The number of hydrogen-bond acceptors (Lipinski definition) is 4. The number of carbonyl (C=O) groups is 1. The molecule has 3 aromatic rings. The minimum absolute atomic E-state index is 0.219. The van der Waals surface area contributed by atoms with Gasteiger partial charge in [0.2, 0.25) is 0 Å². The number of ether oxygens (including phenoxy) is 3. The summed E-state index contributed by atoms with van der Waals surface area (Å²) in [5.74, 6) is 1.95. The van der Waals surface area contributed by atoms with Crippen LogP contribution in [0.4, 0.5) is 10.5 Å². The zero-order chi connectivity index (χ0) is 22.7. The van der Waals surface area contributed by atoms with Gasteiger partial charge in [-0.05, 0) is 53.4 Å². The van der Waals surface area contributed by atoms with E-state index < -0.39 is 0 Å². The summed E-state index contributed by atoms with van der Waals surface area (Å²) in [6.07, 6.45) is 0.683. The summed E-state index contributed by atoms with van der Waals surface area (Å²) in [4.78, 5) is 15.2. The van der Waals surface area contributed by atoms with Crippen LogP contribution in [0.3, 0.4) is 0 Å². The summed E-state index contributed by atoms with van der Waals surface area (Å²) < 4.78 is 16.3. The number of urea groups is 1. The van der Waals surface area contributed by atoms with Gasteiger partial charge in [0.15, 0.2) is 11.5 Å². The van der Waals surface area contributed by atoms with Crippen LogP contribution in [0, 0.1) is 0 Å². The summed E-state index contributed by atoms with van der Waals surface area (Å²) in [6.45, 7) is 0.522. The van der Waals surface area contributed by atoms with Crippen LogP contribution in [0.1, 0.15) is 22.7 Å². The third kappa shape index (κ3) is 4.18. The minimum atomic E-state index is -0.377. The average molecular weight is 453 g/mol. The molecule has 1 heterocycles. The lowest BCUT2D eigenvalue weighted by atomic mass is 9.87. The molecule has 1 atom stereocenters. The van der Waals surface area contributed by atoms with Gasteiger partial charge in [-0.15, -0.1) is 0 Å². The highest BCUT2D eigenvalue weighted by Crippen LogP contribution is 2.42. The van der Waals surface area contributed by atoms with E-state index in [0.717, 1.165) is 16.7 Å². The van der Waals surface area contributed by atoms with Gasteiger partial charge >= 0.3 is 6.03 Å². The van der Waals surface area contributed by atoms with Gasteiger partial charge in [0.25, 0.3) is 0 Å². The van der Waals surface area contributed by atoms with E-state index in [1.165, 1.54) is 0 Å². The summed E-state index contributed by atoms with van der Waals surface area (Å²) in [5.41, 5.74) is 3.56. The number of amides is 2. The number of nitrogens with zero attached hydrogens (tertiary/aromatic N) is 1. The van der Waals surface area contributed by atoms with Crippen molar-refractivity contribution in [2.24, 2.45) is 0 Å². The Balaban J connectivity index is 1.77. The van der Waals surface area contributed by atoms with Crippen molar-refractivity contribution >= 4 is 23.3 Å². The molecule has 0 saturated carbocycles. The molecule has 166 valence electrons. The predicted molar refractivity (Wildman–Crippen MR) is 125 cm³/mol. The van der Waals surface area contributed by atoms with Crippen LogP contribution in [0.5, 0.6) is 17.2 Å². The Bertz CT molecular complexity index is 1130. The van der Waals surface area contributed by atoms with Gasteiger partial charge in [0, 0.05) is 23.3 Å². The summed E-state index contributed by atoms with van der Waals surface area (Å²) in [5, 5.41) is 3.59. The lowest BCUT2D eigenvalue weighted by Gasteiger charge is -2.38. The molecular formula is C25H25ClN2O4. The highest BCUT2D eigenvalue weighted by Gasteiger charge is 2.34. The second-order valence-corrected chi connectivity index (χ2v) is 7.84. The largest absolute Gasteiger partial charge is 0.497 e. The molecule has 1 aliphatic heterocycles. The molecule has 6 nitrogen and oxygen atoms in total. The van der Waals surface area contributed by atoms with Gasteiger partial charge < -0.3 is 24.4 Å². The maximum absolute atomic E-state index is 13.4. The second-order valence-electron chi connectivity index (χ2n) is 7.44. The van der Waals surface area contributed by atoms with Crippen LogP contribution >= 0.6 is 11.6 Å². The zero-order valence-electron chi connectivity index (χ0n) is 18.2. The number of benzene rings is 3. The second kappa shape index (κ2) is 9.40. The number of methoxy groups -OCH3 is 3.